The number of amides is 1. The number of rotatable bonds is 4. The highest BCUT2D eigenvalue weighted by Gasteiger charge is 2.14. The second-order valence-electron chi connectivity index (χ2n) is 2.81. The van der Waals surface area contributed by atoms with Gasteiger partial charge in [-0.2, -0.15) is 0 Å². The van der Waals surface area contributed by atoms with Gasteiger partial charge < -0.3 is 0 Å². The van der Waals surface area contributed by atoms with Crippen molar-refractivity contribution in [3.8, 4) is 0 Å². The molecule has 6 nitrogen and oxygen atoms in total. The van der Waals surface area contributed by atoms with Crippen molar-refractivity contribution in [3.63, 3.8) is 0 Å². The molecule has 0 aliphatic carbocycles. The van der Waals surface area contributed by atoms with E-state index in [9.17, 15) is 17.6 Å². The summed E-state index contributed by atoms with van der Waals surface area (Å²) in [5.41, 5.74) is 1.27. The van der Waals surface area contributed by atoms with Gasteiger partial charge in [0.1, 0.15) is 5.82 Å². The van der Waals surface area contributed by atoms with E-state index in [-0.39, 0.29) is 4.90 Å². The Labute approximate surface area is 91.1 Å². The van der Waals surface area contributed by atoms with Gasteiger partial charge in [0.25, 0.3) is 5.91 Å². The third-order valence-electron chi connectivity index (χ3n) is 1.67. The van der Waals surface area contributed by atoms with Crippen LogP contribution in [0.3, 0.4) is 0 Å². The monoisotopic (exact) mass is 248 g/mol. The van der Waals surface area contributed by atoms with Crippen LogP contribution in [0.4, 0.5) is 4.39 Å². The molecule has 0 aliphatic heterocycles. The summed E-state index contributed by atoms with van der Waals surface area (Å²) in [5.74, 6) is -1.46. The second kappa shape index (κ2) is 5.01. The molecule has 0 spiro atoms. The summed E-state index contributed by atoms with van der Waals surface area (Å²) in [6.07, 6.45) is 0. The van der Waals surface area contributed by atoms with E-state index >= 15 is 0 Å². The van der Waals surface area contributed by atoms with Crippen molar-refractivity contribution in [2.75, 3.05) is 6.54 Å². The first-order valence-electron chi connectivity index (χ1n) is 4.14. The van der Waals surface area contributed by atoms with Gasteiger partial charge in [-0.05, 0) is 24.3 Å². The number of halogens is 1. The molecule has 1 amide bonds. The summed E-state index contributed by atoms with van der Waals surface area (Å²) in [6, 6.07) is 4.10. The van der Waals surface area contributed by atoms with Crippen LogP contribution in [-0.4, -0.2) is 26.1 Å². The summed E-state index contributed by atoms with van der Waals surface area (Å²) >= 11 is 0. The lowest BCUT2D eigenvalue weighted by molar-refractivity contribution is -0.127. The molecule has 3 N–H and O–H groups in total. The number of nitrogens with one attached hydrogen (secondary N) is 2. The minimum atomic E-state index is -3.87. The van der Waals surface area contributed by atoms with Gasteiger partial charge in [0.15, 0.2) is 0 Å². The molecule has 1 rings (SSSR count). The molecule has 0 unspecified atom stereocenters. The molecule has 0 saturated heterocycles. The van der Waals surface area contributed by atoms with E-state index in [1.807, 2.05) is 4.72 Å². The van der Waals surface area contributed by atoms with Crippen molar-refractivity contribution in [1.29, 1.82) is 0 Å². The molecule has 1 aromatic carbocycles. The van der Waals surface area contributed by atoms with E-state index in [0.717, 1.165) is 24.3 Å². The van der Waals surface area contributed by atoms with Crippen molar-refractivity contribution in [3.05, 3.63) is 30.1 Å². The van der Waals surface area contributed by atoms with Crippen molar-refractivity contribution in [2.24, 2.45) is 0 Å². The highest BCUT2D eigenvalue weighted by atomic mass is 32.2. The Hall–Kier alpha value is -1.51. The van der Waals surface area contributed by atoms with Crippen LogP contribution in [0.25, 0.3) is 0 Å². The Morgan fingerprint density at radius 3 is 2.38 bits per heavy atom. The molecule has 0 fully saturated rings. The van der Waals surface area contributed by atoms with Crippen LogP contribution in [0.15, 0.2) is 29.2 Å². The maximum absolute atomic E-state index is 12.5. The maximum Gasteiger partial charge on any atom is 0.258 e. The zero-order valence-electron chi connectivity index (χ0n) is 7.97. The smallest absolute Gasteiger partial charge is 0.258 e. The van der Waals surface area contributed by atoms with Crippen molar-refractivity contribution >= 4 is 15.9 Å². The zero-order chi connectivity index (χ0) is 12.2. The van der Waals surface area contributed by atoms with Crippen molar-refractivity contribution < 1.29 is 22.8 Å². The van der Waals surface area contributed by atoms with E-state index in [2.05, 4.69) is 0 Å². The predicted octanol–water partition coefficient (Wildman–Crippen LogP) is -0.391. The topological polar surface area (TPSA) is 95.5 Å². The Morgan fingerprint density at radius 1 is 1.31 bits per heavy atom. The van der Waals surface area contributed by atoms with Crippen LogP contribution >= 0.6 is 0 Å². The molecular weight excluding hydrogens is 239 g/mol. The number of carbonyl (C=O) groups is 1. The van der Waals surface area contributed by atoms with Gasteiger partial charge in [-0.1, -0.05) is 0 Å². The lowest BCUT2D eigenvalue weighted by Crippen LogP contribution is -2.35. The van der Waals surface area contributed by atoms with E-state index in [0.29, 0.717) is 0 Å². The van der Waals surface area contributed by atoms with E-state index in [4.69, 9.17) is 5.21 Å². The van der Waals surface area contributed by atoms with Gasteiger partial charge in [-0.3, -0.25) is 10.0 Å². The minimum absolute atomic E-state index is 0.167. The Morgan fingerprint density at radius 2 is 1.88 bits per heavy atom. The highest BCUT2D eigenvalue weighted by Crippen LogP contribution is 2.08. The summed E-state index contributed by atoms with van der Waals surface area (Å²) in [5, 5.41) is 8.15. The summed E-state index contributed by atoms with van der Waals surface area (Å²) in [7, 11) is -3.87. The van der Waals surface area contributed by atoms with E-state index in [1.54, 1.807) is 0 Å². The van der Waals surface area contributed by atoms with Crippen LogP contribution in [-0.2, 0) is 14.8 Å². The lowest BCUT2D eigenvalue weighted by Gasteiger charge is -2.05. The molecule has 8 heteroatoms. The Kier molecular flexibility index (Phi) is 3.93. The zero-order valence-corrected chi connectivity index (χ0v) is 8.79. The Balaban J connectivity index is 2.78. The van der Waals surface area contributed by atoms with Crippen LogP contribution in [0.5, 0.6) is 0 Å². The molecule has 88 valence electrons. The van der Waals surface area contributed by atoms with Crippen LogP contribution < -0.4 is 10.2 Å². The van der Waals surface area contributed by atoms with Gasteiger partial charge in [0, 0.05) is 0 Å². The fourth-order valence-electron chi connectivity index (χ4n) is 0.897. The SMILES string of the molecule is O=C(CNS(=O)(=O)c1ccc(F)cc1)NO. The molecule has 0 atom stereocenters. The lowest BCUT2D eigenvalue weighted by atomic mass is 10.4. The average Bonchev–Trinajstić information content (AvgIpc) is 2.26. The first-order chi connectivity index (χ1) is 7.45. The van der Waals surface area contributed by atoms with Crippen LogP contribution in [0, 0.1) is 5.82 Å². The first kappa shape index (κ1) is 12.6. The molecule has 0 heterocycles. The number of benzene rings is 1. The molecule has 0 bridgehead atoms. The van der Waals surface area contributed by atoms with Gasteiger partial charge >= 0.3 is 0 Å². The van der Waals surface area contributed by atoms with Crippen LogP contribution in [0.2, 0.25) is 0 Å². The molecule has 0 saturated carbocycles. The van der Waals surface area contributed by atoms with Crippen molar-refractivity contribution in [1.82, 2.24) is 10.2 Å². The molecule has 1 aromatic rings. The molecule has 0 aliphatic rings. The summed E-state index contributed by atoms with van der Waals surface area (Å²) in [6.45, 7) is -0.601. The number of hydroxylamine groups is 1. The fraction of sp³-hybridized carbons (Fsp3) is 0.125. The number of hydrogen-bond donors (Lipinski definition) is 3. The standard InChI is InChI=1S/C8H9FN2O4S/c9-6-1-3-7(4-2-6)16(14,15)10-5-8(12)11-13/h1-4,10,13H,5H2,(H,11,12). The number of carbonyl (C=O) groups excluding carboxylic acids is 1. The second-order valence-corrected chi connectivity index (χ2v) is 4.58. The normalized spacial score (nSPS) is 11.1. The van der Waals surface area contributed by atoms with Gasteiger partial charge in [-0.25, -0.2) is 23.0 Å². The Bertz CT molecular complexity index is 471. The minimum Gasteiger partial charge on any atom is -0.289 e. The van der Waals surface area contributed by atoms with Gasteiger partial charge in [0.05, 0.1) is 11.4 Å². The quantitative estimate of drug-likeness (QED) is 0.499. The average molecular weight is 248 g/mol. The predicted molar refractivity (Wildman–Crippen MR) is 51.5 cm³/mol. The number of hydrogen-bond acceptors (Lipinski definition) is 4. The third-order valence-corrected chi connectivity index (χ3v) is 3.09. The van der Waals surface area contributed by atoms with E-state index < -0.39 is 28.3 Å². The summed E-state index contributed by atoms with van der Waals surface area (Å²) in [4.78, 5) is 10.4. The molecule has 0 radical (unpaired) electrons. The fourth-order valence-corrected chi connectivity index (χ4v) is 1.88. The first-order valence-corrected chi connectivity index (χ1v) is 5.62. The maximum atomic E-state index is 12.5. The highest BCUT2D eigenvalue weighted by molar-refractivity contribution is 7.89. The van der Waals surface area contributed by atoms with E-state index in [1.165, 1.54) is 5.48 Å². The molecular formula is C8H9FN2O4S. The van der Waals surface area contributed by atoms with Gasteiger partial charge in [-0.15, -0.1) is 0 Å². The number of sulfonamides is 1. The third kappa shape index (κ3) is 3.26. The molecule has 16 heavy (non-hydrogen) atoms. The van der Waals surface area contributed by atoms with Crippen LogP contribution in [0.1, 0.15) is 0 Å². The van der Waals surface area contributed by atoms with Crippen molar-refractivity contribution in [2.45, 2.75) is 4.90 Å². The largest absolute Gasteiger partial charge is 0.289 e. The molecule has 0 aromatic heterocycles. The summed E-state index contributed by atoms with van der Waals surface area (Å²) < 4.78 is 37.4. The van der Waals surface area contributed by atoms with Gasteiger partial charge in [0.2, 0.25) is 10.0 Å².